The van der Waals surface area contributed by atoms with E-state index in [9.17, 15) is 19.4 Å². The number of hydrogen-bond donors (Lipinski definition) is 2. The molecule has 18 heavy (non-hydrogen) atoms. The molecule has 1 aliphatic rings. The molecular weight excluding hydrogens is 303 g/mol. The molecule has 0 aromatic heterocycles. The Hall–Kier alpha value is -1.10. The number of carboxylic acid groups (broad SMARTS) is 1. The van der Waals surface area contributed by atoms with Crippen LogP contribution in [0.15, 0.2) is 16.6 Å². The van der Waals surface area contributed by atoms with Gasteiger partial charge in [-0.05, 0) is 25.0 Å². The summed E-state index contributed by atoms with van der Waals surface area (Å²) in [6.45, 7) is 0. The van der Waals surface area contributed by atoms with Crippen LogP contribution in [0.3, 0.4) is 0 Å². The summed E-state index contributed by atoms with van der Waals surface area (Å²) in [5.41, 5.74) is -0.978. The van der Waals surface area contributed by atoms with Crippen molar-refractivity contribution in [2.75, 3.05) is 0 Å². The third kappa shape index (κ3) is 2.11. The van der Waals surface area contributed by atoms with Crippen molar-refractivity contribution in [2.24, 2.45) is 0 Å². The third-order valence-corrected chi connectivity index (χ3v) is 4.12. The molecule has 0 saturated heterocycles. The van der Waals surface area contributed by atoms with Crippen molar-refractivity contribution in [1.82, 2.24) is 0 Å². The molecule has 1 fully saturated rings. The van der Waals surface area contributed by atoms with Gasteiger partial charge in [-0.3, -0.25) is 4.79 Å². The molecule has 0 amide bonds. The number of hydrogen-bond acceptors (Lipinski definition) is 2. The van der Waals surface area contributed by atoms with Gasteiger partial charge in [-0.1, -0.05) is 35.2 Å². The monoisotopic (exact) mass is 316 g/mol. The lowest BCUT2D eigenvalue weighted by Crippen LogP contribution is -2.38. The normalized spacial score (nSPS) is 18.6. The fraction of sp³-hybridized carbons (Fsp3) is 0.462. The molecule has 0 unspecified atom stereocenters. The number of aliphatic carboxylic acids is 1. The topological polar surface area (TPSA) is 57.5 Å². The van der Waals surface area contributed by atoms with Gasteiger partial charge >= 0.3 is 5.97 Å². The van der Waals surface area contributed by atoms with Crippen LogP contribution < -0.4 is 0 Å². The fourth-order valence-electron chi connectivity index (χ4n) is 2.68. The van der Waals surface area contributed by atoms with Crippen LogP contribution >= 0.6 is 15.9 Å². The van der Waals surface area contributed by atoms with Crippen molar-refractivity contribution in [2.45, 2.75) is 37.5 Å². The number of phenolic OH excluding ortho intramolecular Hbond substituents is 1. The molecule has 3 nitrogen and oxygen atoms in total. The van der Waals surface area contributed by atoms with Crippen LogP contribution in [0.5, 0.6) is 5.75 Å². The van der Waals surface area contributed by atoms with Gasteiger partial charge in [-0.15, -0.1) is 0 Å². The number of halogens is 2. The van der Waals surface area contributed by atoms with Crippen molar-refractivity contribution >= 4 is 21.9 Å². The van der Waals surface area contributed by atoms with E-state index in [1.807, 2.05) is 0 Å². The number of rotatable bonds is 2. The van der Waals surface area contributed by atoms with E-state index in [0.717, 1.165) is 25.3 Å². The van der Waals surface area contributed by atoms with Crippen molar-refractivity contribution in [1.29, 1.82) is 0 Å². The van der Waals surface area contributed by atoms with Crippen LogP contribution in [-0.4, -0.2) is 16.2 Å². The molecule has 98 valence electrons. The maximum atomic E-state index is 13.6. The zero-order chi connectivity index (χ0) is 13.3. The zero-order valence-corrected chi connectivity index (χ0v) is 11.3. The quantitative estimate of drug-likeness (QED) is 0.876. The molecule has 0 radical (unpaired) electrons. The lowest BCUT2D eigenvalue weighted by molar-refractivity contribution is -0.145. The maximum absolute atomic E-state index is 13.6. The highest BCUT2D eigenvalue weighted by atomic mass is 79.9. The molecule has 2 rings (SSSR count). The predicted molar refractivity (Wildman–Crippen MR) is 68.2 cm³/mol. The minimum atomic E-state index is -1.16. The molecule has 1 saturated carbocycles. The first-order chi connectivity index (χ1) is 8.47. The van der Waals surface area contributed by atoms with Crippen LogP contribution in [0.1, 0.15) is 37.7 Å². The molecule has 2 N–H and O–H groups in total. The minimum absolute atomic E-state index is 0.182. The molecule has 5 heteroatoms. The Bertz CT molecular complexity index is 481. The first-order valence-corrected chi connectivity index (χ1v) is 6.68. The lowest BCUT2D eigenvalue weighted by atomic mass is 9.69. The van der Waals surface area contributed by atoms with Gasteiger partial charge in [0.25, 0.3) is 0 Å². The summed E-state index contributed by atoms with van der Waals surface area (Å²) in [5, 5.41) is 19.3. The second kappa shape index (κ2) is 4.88. The molecule has 0 aliphatic heterocycles. The Labute approximate surface area is 113 Å². The lowest BCUT2D eigenvalue weighted by Gasteiger charge is -2.34. The Balaban J connectivity index is 2.59. The second-order valence-corrected chi connectivity index (χ2v) is 5.65. The molecular formula is C13H14BrFO3. The van der Waals surface area contributed by atoms with Crippen LogP contribution in [0, 0.1) is 5.82 Å². The fourth-order valence-corrected chi connectivity index (χ4v) is 3.11. The highest BCUT2D eigenvalue weighted by molar-refractivity contribution is 9.10. The van der Waals surface area contributed by atoms with E-state index in [4.69, 9.17) is 0 Å². The number of benzene rings is 1. The summed E-state index contributed by atoms with van der Waals surface area (Å²) in [6.07, 6.45) is 3.41. The van der Waals surface area contributed by atoms with E-state index in [2.05, 4.69) is 15.9 Å². The van der Waals surface area contributed by atoms with Crippen molar-refractivity contribution in [3.05, 3.63) is 28.0 Å². The van der Waals surface area contributed by atoms with Crippen molar-refractivity contribution < 1.29 is 19.4 Å². The van der Waals surface area contributed by atoms with Gasteiger partial charge in [0, 0.05) is 10.0 Å². The summed E-state index contributed by atoms with van der Waals surface area (Å²) in [7, 11) is 0. The smallest absolute Gasteiger partial charge is 0.314 e. The predicted octanol–water partition coefficient (Wildman–Crippen LogP) is 3.58. The molecule has 0 heterocycles. The van der Waals surface area contributed by atoms with E-state index in [1.165, 1.54) is 6.07 Å². The average Bonchev–Trinajstić information content (AvgIpc) is 2.34. The zero-order valence-electron chi connectivity index (χ0n) is 9.75. The van der Waals surface area contributed by atoms with Crippen LogP contribution in [0.2, 0.25) is 0 Å². The van der Waals surface area contributed by atoms with Crippen LogP contribution in [0.25, 0.3) is 0 Å². The van der Waals surface area contributed by atoms with E-state index in [-0.39, 0.29) is 5.56 Å². The van der Waals surface area contributed by atoms with E-state index < -0.39 is 23.0 Å². The first-order valence-electron chi connectivity index (χ1n) is 5.89. The molecule has 0 spiro atoms. The van der Waals surface area contributed by atoms with Gasteiger partial charge in [0.1, 0.15) is 0 Å². The van der Waals surface area contributed by atoms with Crippen molar-refractivity contribution in [3.63, 3.8) is 0 Å². The van der Waals surface area contributed by atoms with Crippen LogP contribution in [-0.2, 0) is 10.2 Å². The maximum Gasteiger partial charge on any atom is 0.314 e. The summed E-state index contributed by atoms with van der Waals surface area (Å²) in [6, 6.07) is 2.65. The number of carbonyl (C=O) groups is 1. The molecule has 1 aromatic rings. The Morgan fingerprint density at radius 2 is 1.89 bits per heavy atom. The SMILES string of the molecule is O=C(O)C1(c2cc(Br)cc(F)c2O)CCCCC1. The third-order valence-electron chi connectivity index (χ3n) is 3.66. The molecule has 0 atom stereocenters. The van der Waals surface area contributed by atoms with Gasteiger partial charge in [0.15, 0.2) is 11.6 Å². The Morgan fingerprint density at radius 1 is 1.28 bits per heavy atom. The summed E-state index contributed by atoms with van der Waals surface area (Å²) < 4.78 is 14.0. The van der Waals surface area contributed by atoms with Crippen LogP contribution in [0.4, 0.5) is 4.39 Å². The highest BCUT2D eigenvalue weighted by Gasteiger charge is 2.43. The minimum Gasteiger partial charge on any atom is -0.505 e. The number of aromatic hydroxyl groups is 1. The first kappa shape index (κ1) is 13.3. The van der Waals surface area contributed by atoms with Gasteiger partial charge < -0.3 is 10.2 Å². The van der Waals surface area contributed by atoms with Gasteiger partial charge in [0.2, 0.25) is 0 Å². The summed E-state index contributed by atoms with van der Waals surface area (Å²) >= 11 is 3.14. The highest BCUT2D eigenvalue weighted by Crippen LogP contribution is 2.45. The Kier molecular flexibility index (Phi) is 3.61. The largest absolute Gasteiger partial charge is 0.505 e. The number of carboxylic acids is 1. The average molecular weight is 317 g/mol. The standard InChI is InChI=1S/C13H14BrFO3/c14-8-6-9(11(16)10(15)7-8)13(12(17)18)4-2-1-3-5-13/h6-7,16H,1-5H2,(H,17,18). The summed E-state index contributed by atoms with van der Waals surface area (Å²) in [4.78, 5) is 11.6. The molecule has 1 aliphatic carbocycles. The van der Waals surface area contributed by atoms with E-state index in [0.29, 0.717) is 17.3 Å². The Morgan fingerprint density at radius 3 is 2.44 bits per heavy atom. The van der Waals surface area contributed by atoms with E-state index >= 15 is 0 Å². The van der Waals surface area contributed by atoms with Gasteiger partial charge in [-0.25, -0.2) is 4.39 Å². The molecule has 0 bridgehead atoms. The van der Waals surface area contributed by atoms with Crippen molar-refractivity contribution in [3.8, 4) is 5.75 Å². The van der Waals surface area contributed by atoms with Gasteiger partial charge in [0.05, 0.1) is 5.41 Å². The summed E-state index contributed by atoms with van der Waals surface area (Å²) in [5.74, 6) is -2.32. The number of phenols is 1. The van der Waals surface area contributed by atoms with E-state index in [1.54, 1.807) is 0 Å². The van der Waals surface area contributed by atoms with Gasteiger partial charge in [-0.2, -0.15) is 0 Å². The molecule has 1 aromatic carbocycles. The second-order valence-electron chi connectivity index (χ2n) is 4.73.